The fourth-order valence-electron chi connectivity index (χ4n) is 0.747. The number of aryl methyl sites for hydroxylation is 1. The van der Waals surface area contributed by atoms with Gasteiger partial charge in [0.1, 0.15) is 5.82 Å². The van der Waals surface area contributed by atoms with Gasteiger partial charge in [-0.25, -0.2) is 4.98 Å². The molecule has 2 heteroatoms. The van der Waals surface area contributed by atoms with Crippen molar-refractivity contribution >= 4 is 5.82 Å². The van der Waals surface area contributed by atoms with E-state index in [0.29, 0.717) is 0 Å². The molecule has 1 aromatic heterocycles. The lowest BCUT2D eigenvalue weighted by Gasteiger charge is -1.99. The van der Waals surface area contributed by atoms with E-state index in [4.69, 9.17) is 0 Å². The zero-order valence-corrected chi connectivity index (χ0v) is 6.83. The Kier molecular flexibility index (Phi) is 4.59. The molecule has 0 saturated heterocycles. The number of pyridine rings is 1. The topological polar surface area (TPSA) is 24.9 Å². The summed E-state index contributed by atoms with van der Waals surface area (Å²) in [6.07, 6.45) is 9.78. The van der Waals surface area contributed by atoms with Gasteiger partial charge in [0.2, 0.25) is 0 Å². The van der Waals surface area contributed by atoms with Crippen LogP contribution in [0, 0.1) is 19.8 Å². The average Bonchev–Trinajstić information content (AvgIpc) is 2.09. The summed E-state index contributed by atoms with van der Waals surface area (Å²) >= 11 is 0. The smallest absolute Gasteiger partial charge is 0.128 e. The first-order chi connectivity index (χ1) is 5.34. The van der Waals surface area contributed by atoms with E-state index in [1.807, 2.05) is 26.1 Å². The summed E-state index contributed by atoms with van der Waals surface area (Å²) in [4.78, 5) is 4.09. The molecule has 0 saturated carbocycles. The molecule has 1 N–H and O–H groups in total. The minimum absolute atomic E-state index is 0.956. The maximum atomic E-state index is 4.09. The van der Waals surface area contributed by atoms with Gasteiger partial charge in [0, 0.05) is 13.2 Å². The zero-order valence-electron chi connectivity index (χ0n) is 6.83. The Morgan fingerprint density at radius 2 is 2.09 bits per heavy atom. The molecule has 58 valence electrons. The lowest BCUT2D eigenvalue weighted by molar-refractivity contribution is 1.24. The van der Waals surface area contributed by atoms with Crippen LogP contribution in [0.2, 0.25) is 0 Å². The molecule has 0 aliphatic carbocycles. The van der Waals surface area contributed by atoms with E-state index in [9.17, 15) is 0 Å². The molecule has 0 aliphatic rings. The first kappa shape index (κ1) is 9.51. The third-order valence-electron chi connectivity index (χ3n) is 1.25. The fraction of sp³-hybridized carbons (Fsp3) is 0.222. The molecule has 0 aromatic carbocycles. The number of nitrogens with one attached hydrogen (secondary N) is 1. The van der Waals surface area contributed by atoms with Crippen molar-refractivity contribution < 1.29 is 0 Å². The van der Waals surface area contributed by atoms with Gasteiger partial charge in [0.15, 0.2) is 0 Å². The Bertz CT molecular complexity index is 228. The second-order valence-electron chi connectivity index (χ2n) is 1.92. The van der Waals surface area contributed by atoms with Crippen LogP contribution in [0.3, 0.4) is 0 Å². The van der Waals surface area contributed by atoms with Crippen molar-refractivity contribution in [1.29, 1.82) is 0 Å². The minimum atomic E-state index is 0.956. The van der Waals surface area contributed by atoms with Crippen LogP contribution in [0.25, 0.3) is 0 Å². The molecule has 0 spiro atoms. The number of nitrogens with zero attached hydrogens (tertiary/aromatic N) is 1. The van der Waals surface area contributed by atoms with E-state index in [1.54, 1.807) is 6.20 Å². The second-order valence-corrected chi connectivity index (χ2v) is 1.92. The molecule has 0 aliphatic heterocycles. The van der Waals surface area contributed by atoms with Crippen LogP contribution in [0.4, 0.5) is 5.82 Å². The summed E-state index contributed by atoms with van der Waals surface area (Å²) in [5.41, 5.74) is 1.18. The number of hydrogen-bond donors (Lipinski definition) is 1. The van der Waals surface area contributed by atoms with Gasteiger partial charge >= 0.3 is 0 Å². The van der Waals surface area contributed by atoms with Gasteiger partial charge in [-0.3, -0.25) is 0 Å². The van der Waals surface area contributed by atoms with E-state index >= 15 is 0 Å². The Morgan fingerprint density at radius 1 is 1.45 bits per heavy atom. The van der Waals surface area contributed by atoms with Gasteiger partial charge < -0.3 is 5.32 Å². The number of terminal acetylenes is 1. The van der Waals surface area contributed by atoms with Crippen molar-refractivity contribution in [3.63, 3.8) is 0 Å². The molecular formula is C9H12N2. The standard InChI is InChI=1S/C7H10N2.C2H2/c1-6-4-3-5-9-7(6)8-2;1-2/h3-5H,1-2H3,(H,8,9);1-2H. The van der Waals surface area contributed by atoms with Crippen molar-refractivity contribution in [3.05, 3.63) is 23.9 Å². The summed E-state index contributed by atoms with van der Waals surface area (Å²) in [7, 11) is 1.87. The van der Waals surface area contributed by atoms with E-state index in [2.05, 4.69) is 23.1 Å². The third-order valence-corrected chi connectivity index (χ3v) is 1.25. The summed E-state index contributed by atoms with van der Waals surface area (Å²) < 4.78 is 0. The molecule has 0 amide bonds. The highest BCUT2D eigenvalue weighted by Gasteiger charge is 1.90. The SMILES string of the molecule is C#C.CNc1ncccc1C. The molecule has 1 rings (SSSR count). The molecular weight excluding hydrogens is 136 g/mol. The fourth-order valence-corrected chi connectivity index (χ4v) is 0.747. The van der Waals surface area contributed by atoms with Gasteiger partial charge in [0.25, 0.3) is 0 Å². The molecule has 0 unspecified atom stereocenters. The normalized spacial score (nSPS) is 7.64. The molecule has 11 heavy (non-hydrogen) atoms. The molecule has 2 nitrogen and oxygen atoms in total. The van der Waals surface area contributed by atoms with Crippen LogP contribution in [0.15, 0.2) is 18.3 Å². The summed E-state index contributed by atoms with van der Waals surface area (Å²) in [5.74, 6) is 0.956. The first-order valence-corrected chi connectivity index (χ1v) is 3.27. The Hall–Kier alpha value is -1.49. The van der Waals surface area contributed by atoms with Gasteiger partial charge in [0.05, 0.1) is 0 Å². The van der Waals surface area contributed by atoms with E-state index in [-0.39, 0.29) is 0 Å². The summed E-state index contributed by atoms with van der Waals surface area (Å²) in [5, 5.41) is 2.98. The van der Waals surface area contributed by atoms with Gasteiger partial charge in [-0.05, 0) is 18.6 Å². The van der Waals surface area contributed by atoms with Crippen molar-refractivity contribution in [2.24, 2.45) is 0 Å². The minimum Gasteiger partial charge on any atom is -0.373 e. The number of anilines is 1. The predicted molar refractivity (Wildman–Crippen MR) is 48.4 cm³/mol. The quantitative estimate of drug-likeness (QED) is 0.613. The monoisotopic (exact) mass is 148 g/mol. The lowest BCUT2D eigenvalue weighted by Crippen LogP contribution is -1.93. The van der Waals surface area contributed by atoms with E-state index in [0.717, 1.165) is 5.82 Å². The summed E-state index contributed by atoms with van der Waals surface area (Å²) in [6, 6.07) is 3.95. The van der Waals surface area contributed by atoms with Crippen molar-refractivity contribution in [3.8, 4) is 12.8 Å². The molecule has 1 aromatic rings. The van der Waals surface area contributed by atoms with Crippen molar-refractivity contribution in [2.75, 3.05) is 12.4 Å². The maximum absolute atomic E-state index is 4.09. The zero-order chi connectivity index (χ0) is 8.69. The van der Waals surface area contributed by atoms with Gasteiger partial charge in [-0.1, -0.05) is 6.07 Å². The highest BCUT2D eigenvalue weighted by atomic mass is 14.9. The van der Waals surface area contributed by atoms with Gasteiger partial charge in [-0.15, -0.1) is 12.8 Å². The Balaban J connectivity index is 0.000000461. The largest absolute Gasteiger partial charge is 0.373 e. The molecule has 0 atom stereocenters. The van der Waals surface area contributed by atoms with E-state index < -0.39 is 0 Å². The number of aromatic nitrogens is 1. The average molecular weight is 148 g/mol. The van der Waals surface area contributed by atoms with Crippen molar-refractivity contribution in [1.82, 2.24) is 4.98 Å². The Morgan fingerprint density at radius 3 is 2.45 bits per heavy atom. The summed E-state index contributed by atoms with van der Waals surface area (Å²) in [6.45, 7) is 2.03. The van der Waals surface area contributed by atoms with Crippen molar-refractivity contribution in [2.45, 2.75) is 6.92 Å². The molecule has 0 bridgehead atoms. The predicted octanol–water partition coefficient (Wildman–Crippen LogP) is 1.68. The van der Waals surface area contributed by atoms with Crippen LogP contribution in [-0.4, -0.2) is 12.0 Å². The number of hydrogen-bond acceptors (Lipinski definition) is 2. The van der Waals surface area contributed by atoms with Crippen LogP contribution in [0.5, 0.6) is 0 Å². The number of rotatable bonds is 1. The second kappa shape index (κ2) is 5.31. The van der Waals surface area contributed by atoms with E-state index in [1.165, 1.54) is 5.56 Å². The molecule has 1 heterocycles. The van der Waals surface area contributed by atoms with Crippen LogP contribution in [-0.2, 0) is 0 Å². The van der Waals surface area contributed by atoms with Crippen LogP contribution >= 0.6 is 0 Å². The lowest BCUT2D eigenvalue weighted by atomic mass is 10.3. The first-order valence-electron chi connectivity index (χ1n) is 3.27. The highest BCUT2D eigenvalue weighted by Crippen LogP contribution is 2.06. The molecule has 0 radical (unpaired) electrons. The molecule has 0 fully saturated rings. The van der Waals surface area contributed by atoms with Crippen LogP contribution < -0.4 is 5.32 Å². The third kappa shape index (κ3) is 2.72. The Labute approximate surface area is 67.7 Å². The highest BCUT2D eigenvalue weighted by molar-refractivity contribution is 5.41. The maximum Gasteiger partial charge on any atom is 0.128 e. The van der Waals surface area contributed by atoms with Crippen LogP contribution in [0.1, 0.15) is 5.56 Å². The van der Waals surface area contributed by atoms with Gasteiger partial charge in [-0.2, -0.15) is 0 Å².